The third kappa shape index (κ3) is 16.8. The van der Waals surface area contributed by atoms with E-state index in [0.717, 1.165) is 36.8 Å². The van der Waals surface area contributed by atoms with Gasteiger partial charge >= 0.3 is 5.97 Å². The zero-order chi connectivity index (χ0) is 24.9. The Morgan fingerprint density at radius 3 is 2.30 bits per heavy atom. The van der Waals surface area contributed by atoms with Crippen molar-refractivity contribution in [2.75, 3.05) is 20.3 Å². The summed E-state index contributed by atoms with van der Waals surface area (Å²) in [5.41, 5.74) is 2.24. The number of hydrogen-bond donors (Lipinski definition) is 3. The van der Waals surface area contributed by atoms with Crippen LogP contribution in [0.3, 0.4) is 0 Å². The summed E-state index contributed by atoms with van der Waals surface area (Å²) in [5.74, 6) is -0.519. The highest BCUT2D eigenvalue weighted by Gasteiger charge is 2.07. The minimum absolute atomic E-state index is 0.00771. The Bertz CT molecular complexity index is 750. The summed E-state index contributed by atoms with van der Waals surface area (Å²) >= 11 is 0. The van der Waals surface area contributed by atoms with Crippen molar-refractivity contribution in [3.63, 3.8) is 0 Å². The Morgan fingerprint density at radius 1 is 0.970 bits per heavy atom. The van der Waals surface area contributed by atoms with Crippen molar-refractivity contribution in [2.45, 2.75) is 59.0 Å². The lowest BCUT2D eigenvalue weighted by Crippen LogP contribution is -2.10. The zero-order valence-electron chi connectivity index (χ0n) is 20.6. The number of unbranched alkanes of at least 4 members (excludes halogenated alkanes) is 1. The average Bonchev–Trinajstić information content (AvgIpc) is 2.79. The lowest BCUT2D eigenvalue weighted by atomic mass is 10.0. The monoisotopic (exact) mass is 458 g/mol. The molecule has 0 spiro atoms. The van der Waals surface area contributed by atoms with Crippen molar-refractivity contribution >= 4 is 5.97 Å². The molecule has 0 fully saturated rings. The van der Waals surface area contributed by atoms with Gasteiger partial charge in [-0.1, -0.05) is 73.8 Å². The van der Waals surface area contributed by atoms with Gasteiger partial charge in [0, 0.05) is 19.3 Å². The lowest BCUT2D eigenvalue weighted by Gasteiger charge is -2.13. The number of carbonyl (C=O) groups is 1. The Balaban J connectivity index is 4.29. The largest absolute Gasteiger partial charge is 0.478 e. The Labute approximate surface area is 199 Å². The second kappa shape index (κ2) is 20.2. The van der Waals surface area contributed by atoms with Crippen LogP contribution in [0.1, 0.15) is 52.9 Å². The molecule has 0 rings (SSSR count). The highest BCUT2D eigenvalue weighted by molar-refractivity contribution is 5.86. The molecule has 2 atom stereocenters. The zero-order valence-corrected chi connectivity index (χ0v) is 20.6. The van der Waals surface area contributed by atoms with Crippen LogP contribution in [0.5, 0.6) is 0 Å². The third-order valence-electron chi connectivity index (χ3n) is 5.03. The van der Waals surface area contributed by atoms with Crippen LogP contribution in [0.25, 0.3) is 0 Å². The predicted octanol–water partition coefficient (Wildman–Crippen LogP) is 5.70. The third-order valence-corrected chi connectivity index (χ3v) is 5.03. The quantitative estimate of drug-likeness (QED) is 0.113. The number of hydrogen-bond acceptors (Lipinski definition) is 4. The van der Waals surface area contributed by atoms with E-state index in [2.05, 4.69) is 37.3 Å². The first kappa shape index (κ1) is 30.5. The van der Waals surface area contributed by atoms with Crippen LogP contribution in [0.4, 0.5) is 0 Å². The fourth-order valence-electron chi connectivity index (χ4n) is 2.85. The highest BCUT2D eigenvalue weighted by Crippen LogP contribution is 2.12. The first-order chi connectivity index (χ1) is 15.8. The smallest absolute Gasteiger partial charge is 0.331 e. The van der Waals surface area contributed by atoms with E-state index in [9.17, 15) is 4.79 Å². The molecule has 33 heavy (non-hydrogen) atoms. The fraction of sp³-hybridized carbons (Fsp3) is 0.464. The Kier molecular flexibility index (Phi) is 18.7. The normalized spacial score (nSPS) is 16.0. The Hall–Kier alpha value is -2.47. The number of allylic oxidation sites excluding steroid dienone is 9. The summed E-state index contributed by atoms with van der Waals surface area (Å²) in [6.45, 7) is 5.73. The van der Waals surface area contributed by atoms with Gasteiger partial charge in [0.15, 0.2) is 0 Å². The second-order valence-corrected chi connectivity index (χ2v) is 7.94. The van der Waals surface area contributed by atoms with Crippen LogP contribution in [-0.4, -0.2) is 47.7 Å². The van der Waals surface area contributed by atoms with Gasteiger partial charge < -0.3 is 20.1 Å². The van der Waals surface area contributed by atoms with Gasteiger partial charge in [-0.05, 0) is 63.0 Å². The summed E-state index contributed by atoms with van der Waals surface area (Å²) in [5, 5.41) is 26.9. The van der Waals surface area contributed by atoms with Gasteiger partial charge in [0.05, 0.1) is 12.7 Å². The van der Waals surface area contributed by atoms with Crippen molar-refractivity contribution in [1.29, 1.82) is 0 Å². The van der Waals surface area contributed by atoms with E-state index in [1.165, 1.54) is 0 Å². The summed E-state index contributed by atoms with van der Waals surface area (Å²) in [7, 11) is 1.66. The molecule has 0 aliphatic carbocycles. The molecule has 0 aromatic rings. The minimum Gasteiger partial charge on any atom is -0.478 e. The van der Waals surface area contributed by atoms with Crippen LogP contribution in [0.2, 0.25) is 0 Å². The van der Waals surface area contributed by atoms with Crippen molar-refractivity contribution in [1.82, 2.24) is 0 Å². The molecule has 0 aliphatic heterocycles. The maximum Gasteiger partial charge on any atom is 0.331 e. The maximum absolute atomic E-state index is 10.9. The average molecular weight is 459 g/mol. The van der Waals surface area contributed by atoms with E-state index >= 15 is 0 Å². The van der Waals surface area contributed by atoms with E-state index in [0.29, 0.717) is 17.9 Å². The summed E-state index contributed by atoms with van der Waals surface area (Å²) in [6.07, 6.45) is 26.0. The van der Waals surface area contributed by atoms with E-state index in [4.69, 9.17) is 20.1 Å². The van der Waals surface area contributed by atoms with Gasteiger partial charge in [-0.25, -0.2) is 4.79 Å². The number of aliphatic carboxylic acids is 1. The minimum atomic E-state index is -0.918. The highest BCUT2D eigenvalue weighted by atomic mass is 16.5. The molecule has 0 saturated heterocycles. The fourth-order valence-corrected chi connectivity index (χ4v) is 2.85. The lowest BCUT2D eigenvalue weighted by molar-refractivity contribution is -0.132. The Morgan fingerprint density at radius 2 is 1.67 bits per heavy atom. The van der Waals surface area contributed by atoms with Crippen molar-refractivity contribution in [3.8, 4) is 0 Å². The first-order valence-electron chi connectivity index (χ1n) is 11.5. The molecular weight excluding hydrogens is 416 g/mol. The van der Waals surface area contributed by atoms with Gasteiger partial charge in [0.1, 0.15) is 0 Å². The first-order valence-corrected chi connectivity index (χ1v) is 11.5. The molecule has 0 amide bonds. The van der Waals surface area contributed by atoms with Crippen LogP contribution in [0, 0.1) is 5.92 Å². The van der Waals surface area contributed by atoms with Gasteiger partial charge in [-0.2, -0.15) is 0 Å². The molecule has 0 aliphatic rings. The second-order valence-electron chi connectivity index (χ2n) is 7.94. The number of carboxylic acid groups (broad SMARTS) is 1. The molecule has 184 valence electrons. The number of carboxylic acids is 1. The number of aliphatic hydroxyl groups is 2. The SMILES string of the molecule is CO[C@H](C/C=C\C=C\CC/C=C/C[C@H](C)/C=C/C(=C\CO)CCO)/C(C)=C\C=C(/C)C(=O)O. The van der Waals surface area contributed by atoms with Gasteiger partial charge in [-0.15, -0.1) is 0 Å². The predicted molar refractivity (Wildman–Crippen MR) is 137 cm³/mol. The molecule has 5 nitrogen and oxygen atoms in total. The molecule has 0 radical (unpaired) electrons. The molecule has 3 N–H and O–H groups in total. The molecular formula is C28H42O5. The summed E-state index contributed by atoms with van der Waals surface area (Å²) in [4.78, 5) is 10.9. The van der Waals surface area contributed by atoms with E-state index in [1.807, 2.05) is 25.2 Å². The molecule has 0 heterocycles. The molecule has 0 aromatic carbocycles. The van der Waals surface area contributed by atoms with Crippen LogP contribution in [-0.2, 0) is 9.53 Å². The van der Waals surface area contributed by atoms with E-state index < -0.39 is 5.97 Å². The molecule has 5 heteroatoms. The van der Waals surface area contributed by atoms with Crippen LogP contribution >= 0.6 is 0 Å². The summed E-state index contributed by atoms with van der Waals surface area (Å²) < 4.78 is 5.49. The molecule has 0 saturated carbocycles. The van der Waals surface area contributed by atoms with Crippen molar-refractivity contribution in [2.24, 2.45) is 5.92 Å². The maximum atomic E-state index is 10.9. The number of ether oxygens (including phenoxy) is 1. The molecule has 0 bridgehead atoms. The number of aliphatic hydroxyl groups excluding tert-OH is 2. The van der Waals surface area contributed by atoms with Crippen LogP contribution in [0.15, 0.2) is 83.6 Å². The standard InChI is InChI=1S/C28H42O5/c1-23(15-18-26(19-21-29)20-22-30)13-11-9-7-5-6-8-10-12-14-27(33-4)24(2)16-17-25(3)28(31)32/h6,8-12,15-19,23,27,29-30H,5,7,13-14,20-22H2,1-4H3,(H,31,32)/b8-6+,11-9+,12-10-,18-15+,24-16-,25-17+,26-19+/t23-,27+/m0/s1. The topological polar surface area (TPSA) is 87.0 Å². The van der Waals surface area contributed by atoms with Gasteiger partial charge in [0.25, 0.3) is 0 Å². The van der Waals surface area contributed by atoms with Crippen molar-refractivity contribution < 1.29 is 24.9 Å². The van der Waals surface area contributed by atoms with Crippen molar-refractivity contribution in [3.05, 3.63) is 83.6 Å². The molecule has 0 unspecified atom stereocenters. The van der Waals surface area contributed by atoms with Crippen LogP contribution < -0.4 is 0 Å². The van der Waals surface area contributed by atoms with E-state index in [1.54, 1.807) is 32.3 Å². The van der Waals surface area contributed by atoms with E-state index in [-0.39, 0.29) is 19.3 Å². The number of methoxy groups -OCH3 is 1. The number of rotatable bonds is 17. The van der Waals surface area contributed by atoms with Gasteiger partial charge in [0.2, 0.25) is 0 Å². The molecule has 0 aromatic heterocycles. The summed E-state index contributed by atoms with van der Waals surface area (Å²) in [6, 6.07) is 0. The van der Waals surface area contributed by atoms with Gasteiger partial charge in [-0.3, -0.25) is 0 Å².